The summed E-state index contributed by atoms with van der Waals surface area (Å²) in [7, 11) is 0. The molecule has 1 aromatic heterocycles. The largest absolute Gasteiger partial charge is 0.427 e. The van der Waals surface area contributed by atoms with E-state index in [1.54, 1.807) is 6.07 Å². The highest BCUT2D eigenvalue weighted by molar-refractivity contribution is 9.10. The second kappa shape index (κ2) is 2.81. The lowest BCUT2D eigenvalue weighted by Crippen LogP contribution is -2.31. The zero-order chi connectivity index (χ0) is 11.7. The van der Waals surface area contributed by atoms with Crippen molar-refractivity contribution in [1.29, 1.82) is 0 Å². The normalized spacial score (nSPS) is 34.1. The van der Waals surface area contributed by atoms with E-state index < -0.39 is 0 Å². The lowest BCUT2D eigenvalue weighted by Gasteiger charge is -2.33. The Balaban J connectivity index is 2.38. The van der Waals surface area contributed by atoms with E-state index in [1.165, 1.54) is 12.0 Å². The molecule has 0 aromatic carbocycles. The topological polar surface area (TPSA) is 30.2 Å². The number of rotatable bonds is 0. The Morgan fingerprint density at radius 3 is 2.81 bits per heavy atom. The molecule has 16 heavy (non-hydrogen) atoms. The van der Waals surface area contributed by atoms with Gasteiger partial charge in [0.05, 0.1) is 0 Å². The molecule has 1 fully saturated rings. The quantitative estimate of drug-likeness (QED) is 0.728. The minimum Gasteiger partial charge on any atom is -0.427 e. The van der Waals surface area contributed by atoms with Crippen LogP contribution in [0.25, 0.3) is 0 Å². The second-order valence-electron chi connectivity index (χ2n) is 5.80. The number of halogens is 1. The maximum atomic E-state index is 11.5. The first kappa shape index (κ1) is 10.6. The highest BCUT2D eigenvalue weighted by Crippen LogP contribution is 2.68. The zero-order valence-electron chi connectivity index (χ0n) is 9.76. The van der Waals surface area contributed by atoms with Gasteiger partial charge in [0.15, 0.2) is 0 Å². The number of hydrogen-bond acceptors (Lipinski definition) is 2. The van der Waals surface area contributed by atoms with Crippen molar-refractivity contribution in [2.24, 2.45) is 5.41 Å². The van der Waals surface area contributed by atoms with Gasteiger partial charge in [0.2, 0.25) is 0 Å². The first-order valence-corrected chi connectivity index (χ1v) is 6.51. The summed E-state index contributed by atoms with van der Waals surface area (Å²) in [4.78, 5) is 11.5. The molecule has 0 radical (unpaired) electrons. The summed E-state index contributed by atoms with van der Waals surface area (Å²) in [6, 6.07) is 1.55. The van der Waals surface area contributed by atoms with Gasteiger partial charge in [-0.1, -0.05) is 36.7 Å². The molecule has 1 heterocycles. The minimum atomic E-state index is -0.241. The molecule has 0 N–H and O–H groups in total. The van der Waals surface area contributed by atoms with Gasteiger partial charge in [0, 0.05) is 21.5 Å². The molecule has 2 aliphatic carbocycles. The fourth-order valence-corrected chi connectivity index (χ4v) is 4.26. The predicted molar refractivity (Wildman–Crippen MR) is 65.8 cm³/mol. The Bertz CT molecular complexity index is 529. The summed E-state index contributed by atoms with van der Waals surface area (Å²) < 4.78 is 6.42. The Morgan fingerprint density at radius 1 is 1.44 bits per heavy atom. The van der Waals surface area contributed by atoms with E-state index in [1.807, 2.05) is 0 Å². The highest BCUT2D eigenvalue weighted by atomic mass is 79.9. The summed E-state index contributed by atoms with van der Waals surface area (Å²) in [6.45, 7) is 6.81. The molecule has 2 aliphatic rings. The number of hydrogen-bond donors (Lipinski definition) is 0. The van der Waals surface area contributed by atoms with Crippen LogP contribution in [-0.2, 0) is 5.41 Å². The lowest BCUT2D eigenvalue weighted by atomic mass is 9.70. The molecule has 2 atom stereocenters. The third-order valence-electron chi connectivity index (χ3n) is 5.03. The van der Waals surface area contributed by atoms with Gasteiger partial charge in [-0.15, -0.1) is 0 Å². The van der Waals surface area contributed by atoms with Crippen LogP contribution in [0.5, 0.6) is 0 Å². The third kappa shape index (κ3) is 0.963. The van der Waals surface area contributed by atoms with Crippen molar-refractivity contribution in [2.45, 2.75) is 44.9 Å². The average molecular weight is 283 g/mol. The van der Waals surface area contributed by atoms with E-state index in [9.17, 15) is 4.79 Å². The molecule has 0 aliphatic heterocycles. The lowest BCUT2D eigenvalue weighted by molar-refractivity contribution is 0.201. The summed E-state index contributed by atoms with van der Waals surface area (Å²) >= 11 is 3.52. The summed E-state index contributed by atoms with van der Waals surface area (Å²) in [5.74, 6) is 1.44. The molecule has 3 rings (SSSR count). The van der Waals surface area contributed by atoms with E-state index in [0.29, 0.717) is 5.92 Å². The van der Waals surface area contributed by atoms with Crippen molar-refractivity contribution in [3.05, 3.63) is 32.3 Å². The Labute approximate surface area is 103 Å². The van der Waals surface area contributed by atoms with Crippen molar-refractivity contribution in [2.75, 3.05) is 0 Å². The van der Waals surface area contributed by atoms with E-state index >= 15 is 0 Å². The van der Waals surface area contributed by atoms with E-state index in [4.69, 9.17) is 4.42 Å². The first-order chi connectivity index (χ1) is 7.38. The maximum Gasteiger partial charge on any atom is 0.337 e. The average Bonchev–Trinajstić information content (AvgIpc) is 2.48. The smallest absolute Gasteiger partial charge is 0.337 e. The SMILES string of the molecule is CC1(C)[C@H]2CC[C@@]1(C)c1oc(=O)cc(Br)c12. The van der Waals surface area contributed by atoms with Crippen LogP contribution in [0.3, 0.4) is 0 Å². The highest BCUT2D eigenvalue weighted by Gasteiger charge is 2.62. The molecule has 2 nitrogen and oxygen atoms in total. The zero-order valence-corrected chi connectivity index (χ0v) is 11.3. The summed E-state index contributed by atoms with van der Waals surface area (Å²) in [5, 5.41) is 0. The fourth-order valence-electron chi connectivity index (χ4n) is 3.62. The van der Waals surface area contributed by atoms with Crippen molar-refractivity contribution in [1.82, 2.24) is 0 Å². The van der Waals surface area contributed by atoms with Crippen LogP contribution >= 0.6 is 15.9 Å². The predicted octanol–water partition coefficient (Wildman–Crippen LogP) is 3.58. The standard InChI is InChI=1S/C13H15BrO2/c1-12(2)7-4-5-13(12,3)11-10(7)8(14)6-9(15)16-11/h6-7H,4-5H2,1-3H3/t7-,13-/m0/s1. The molecule has 1 saturated carbocycles. The molecule has 0 unspecified atom stereocenters. The van der Waals surface area contributed by atoms with E-state index in [0.717, 1.165) is 16.7 Å². The van der Waals surface area contributed by atoms with Gasteiger partial charge in [-0.05, 0) is 24.2 Å². The molecule has 1 aromatic rings. The molecule has 0 saturated heterocycles. The molecule has 3 heteroatoms. The second-order valence-corrected chi connectivity index (χ2v) is 6.66. The minimum absolute atomic E-state index is 0.0237. The van der Waals surface area contributed by atoms with Crippen molar-refractivity contribution in [3.63, 3.8) is 0 Å². The summed E-state index contributed by atoms with van der Waals surface area (Å²) in [5.41, 5.74) is 1.21. The maximum absolute atomic E-state index is 11.5. The van der Waals surface area contributed by atoms with Crippen LogP contribution in [0.4, 0.5) is 0 Å². The van der Waals surface area contributed by atoms with Crippen LogP contribution in [0, 0.1) is 5.41 Å². The van der Waals surface area contributed by atoms with E-state index in [-0.39, 0.29) is 16.5 Å². The van der Waals surface area contributed by atoms with E-state index in [2.05, 4.69) is 36.7 Å². The van der Waals surface area contributed by atoms with Gasteiger partial charge >= 0.3 is 5.63 Å². The van der Waals surface area contributed by atoms with Gasteiger partial charge in [0.1, 0.15) is 5.76 Å². The molecule has 0 amide bonds. The van der Waals surface area contributed by atoms with Crippen LogP contribution in [0.1, 0.15) is 50.9 Å². The van der Waals surface area contributed by atoms with Gasteiger partial charge in [-0.3, -0.25) is 0 Å². The van der Waals surface area contributed by atoms with Crippen molar-refractivity contribution < 1.29 is 4.42 Å². The number of fused-ring (bicyclic) bond motifs is 5. The van der Waals surface area contributed by atoms with Gasteiger partial charge in [0.25, 0.3) is 0 Å². The van der Waals surface area contributed by atoms with Gasteiger partial charge in [-0.25, -0.2) is 4.79 Å². The summed E-state index contributed by atoms with van der Waals surface area (Å²) in [6.07, 6.45) is 2.32. The van der Waals surface area contributed by atoms with Crippen molar-refractivity contribution in [3.8, 4) is 0 Å². The van der Waals surface area contributed by atoms with Crippen LogP contribution in [0.15, 0.2) is 19.8 Å². The molecule has 2 bridgehead atoms. The third-order valence-corrected chi connectivity index (χ3v) is 5.68. The van der Waals surface area contributed by atoms with Crippen LogP contribution < -0.4 is 5.63 Å². The fraction of sp³-hybridized carbons (Fsp3) is 0.615. The van der Waals surface area contributed by atoms with Crippen LogP contribution in [-0.4, -0.2) is 0 Å². The molecule has 86 valence electrons. The Kier molecular flexibility index (Phi) is 1.86. The Morgan fingerprint density at radius 2 is 2.12 bits per heavy atom. The monoisotopic (exact) mass is 282 g/mol. The first-order valence-electron chi connectivity index (χ1n) is 5.72. The Hall–Kier alpha value is -0.570. The molecular formula is C13H15BrO2. The molecule has 0 spiro atoms. The van der Waals surface area contributed by atoms with Crippen molar-refractivity contribution >= 4 is 15.9 Å². The molecular weight excluding hydrogens is 268 g/mol. The van der Waals surface area contributed by atoms with Gasteiger partial charge < -0.3 is 4.42 Å². The van der Waals surface area contributed by atoms with Crippen LogP contribution in [0.2, 0.25) is 0 Å². The van der Waals surface area contributed by atoms with Gasteiger partial charge in [-0.2, -0.15) is 0 Å².